The first kappa shape index (κ1) is 22.5. The minimum atomic E-state index is -1.03. The van der Waals surface area contributed by atoms with E-state index in [0.29, 0.717) is 29.2 Å². The second kappa shape index (κ2) is 8.91. The second-order valence-electron chi connectivity index (χ2n) is 9.82. The molecular weight excluding hydrogens is 468 g/mol. The number of benzene rings is 1. The van der Waals surface area contributed by atoms with E-state index in [1.54, 1.807) is 0 Å². The van der Waals surface area contributed by atoms with Crippen molar-refractivity contribution >= 4 is 23.5 Å². The van der Waals surface area contributed by atoms with Crippen LogP contribution in [0.3, 0.4) is 0 Å². The Morgan fingerprint density at radius 1 is 1.17 bits per heavy atom. The number of aromatic carboxylic acids is 1. The van der Waals surface area contributed by atoms with E-state index in [-0.39, 0.29) is 23.9 Å². The standard InChI is InChI=1S/C26H27ClN4O4/c1-14-10-22(25(32)33)29-26(28-14)31-16-8-9-17(31)12-18(11-16)34-13-20-23(19-4-2-3-5-21(19)27)30-35-24(20)15-6-7-15/h2-5,10,15-18H,6-9,11-13H2,1H3,(H,32,33)/t16-,17+,18+. The summed E-state index contributed by atoms with van der Waals surface area (Å²) in [5.74, 6) is 0.827. The lowest BCUT2D eigenvalue weighted by Crippen LogP contribution is -2.46. The molecule has 35 heavy (non-hydrogen) atoms. The summed E-state index contributed by atoms with van der Waals surface area (Å²) in [6, 6.07) is 9.66. The highest BCUT2D eigenvalue weighted by Crippen LogP contribution is 2.45. The molecule has 3 aliphatic rings. The molecule has 6 rings (SSSR count). The normalized spacial score (nSPS) is 23.6. The molecule has 0 spiro atoms. The van der Waals surface area contributed by atoms with Crippen LogP contribution in [-0.2, 0) is 11.3 Å². The predicted octanol–water partition coefficient (Wildman–Crippen LogP) is 5.39. The lowest BCUT2D eigenvalue weighted by molar-refractivity contribution is 0.0144. The van der Waals surface area contributed by atoms with E-state index in [0.717, 1.165) is 61.1 Å². The Kier molecular flexibility index (Phi) is 5.73. The van der Waals surface area contributed by atoms with Crippen LogP contribution in [0.15, 0.2) is 34.9 Å². The molecule has 2 bridgehead atoms. The third-order valence-corrected chi connectivity index (χ3v) is 7.67. The predicted molar refractivity (Wildman–Crippen MR) is 130 cm³/mol. The van der Waals surface area contributed by atoms with E-state index >= 15 is 0 Å². The summed E-state index contributed by atoms with van der Waals surface area (Å²) >= 11 is 6.47. The van der Waals surface area contributed by atoms with Crippen molar-refractivity contribution in [2.75, 3.05) is 4.90 Å². The van der Waals surface area contributed by atoms with Crippen molar-refractivity contribution in [3.05, 3.63) is 58.1 Å². The molecule has 1 aromatic carbocycles. The third kappa shape index (κ3) is 4.29. The van der Waals surface area contributed by atoms with Crippen molar-refractivity contribution in [2.24, 2.45) is 0 Å². The fourth-order valence-corrected chi connectivity index (χ4v) is 5.79. The maximum atomic E-state index is 11.5. The summed E-state index contributed by atoms with van der Waals surface area (Å²) in [5.41, 5.74) is 3.34. The molecule has 1 saturated carbocycles. The highest BCUT2D eigenvalue weighted by molar-refractivity contribution is 6.33. The van der Waals surface area contributed by atoms with Crippen molar-refractivity contribution < 1.29 is 19.2 Å². The van der Waals surface area contributed by atoms with Gasteiger partial charge in [0, 0.05) is 34.8 Å². The van der Waals surface area contributed by atoms with Crippen LogP contribution in [0.4, 0.5) is 5.95 Å². The molecule has 0 unspecified atom stereocenters. The summed E-state index contributed by atoms with van der Waals surface area (Å²) < 4.78 is 12.3. The van der Waals surface area contributed by atoms with Gasteiger partial charge in [-0.2, -0.15) is 0 Å². The fourth-order valence-electron chi connectivity index (χ4n) is 5.56. The third-order valence-electron chi connectivity index (χ3n) is 7.34. The van der Waals surface area contributed by atoms with Gasteiger partial charge in [-0.1, -0.05) is 35.0 Å². The molecule has 3 fully saturated rings. The maximum absolute atomic E-state index is 11.5. The van der Waals surface area contributed by atoms with Crippen LogP contribution >= 0.6 is 11.6 Å². The Labute approximate surface area is 208 Å². The molecule has 182 valence electrons. The summed E-state index contributed by atoms with van der Waals surface area (Å²) in [7, 11) is 0. The highest BCUT2D eigenvalue weighted by atomic mass is 35.5. The molecule has 2 aliphatic heterocycles. The van der Waals surface area contributed by atoms with E-state index in [9.17, 15) is 9.90 Å². The van der Waals surface area contributed by atoms with Gasteiger partial charge in [0.15, 0.2) is 5.69 Å². The van der Waals surface area contributed by atoms with Crippen LogP contribution in [0.5, 0.6) is 0 Å². The Hall–Kier alpha value is -2.97. The zero-order valence-corrected chi connectivity index (χ0v) is 20.2. The number of rotatable bonds is 7. The Bertz CT molecular complexity index is 1260. The number of hydrogen-bond acceptors (Lipinski definition) is 7. The van der Waals surface area contributed by atoms with Gasteiger partial charge in [0.25, 0.3) is 0 Å². The van der Waals surface area contributed by atoms with Crippen LogP contribution < -0.4 is 4.90 Å². The van der Waals surface area contributed by atoms with Crippen LogP contribution in [0.25, 0.3) is 11.3 Å². The maximum Gasteiger partial charge on any atom is 0.354 e. The summed E-state index contributed by atoms with van der Waals surface area (Å²) in [4.78, 5) is 22.6. The molecule has 1 N–H and O–H groups in total. The molecule has 2 aromatic heterocycles. The Morgan fingerprint density at radius 3 is 2.60 bits per heavy atom. The van der Waals surface area contributed by atoms with Gasteiger partial charge in [-0.05, 0) is 57.6 Å². The monoisotopic (exact) mass is 494 g/mol. The van der Waals surface area contributed by atoms with Crippen LogP contribution in [-0.4, -0.2) is 44.4 Å². The van der Waals surface area contributed by atoms with E-state index < -0.39 is 5.97 Å². The minimum absolute atomic E-state index is 0.0393. The molecule has 9 heteroatoms. The first-order chi connectivity index (χ1) is 17.0. The number of halogens is 1. The first-order valence-corrected chi connectivity index (χ1v) is 12.6. The number of carboxylic acids is 1. The van der Waals surface area contributed by atoms with Crippen molar-refractivity contribution in [1.29, 1.82) is 0 Å². The number of aryl methyl sites for hydroxylation is 1. The lowest BCUT2D eigenvalue weighted by atomic mass is 9.99. The molecule has 3 aromatic rings. The molecule has 0 amide bonds. The van der Waals surface area contributed by atoms with Gasteiger partial charge in [0.2, 0.25) is 5.95 Å². The number of anilines is 1. The largest absolute Gasteiger partial charge is 0.477 e. The van der Waals surface area contributed by atoms with E-state index in [1.165, 1.54) is 6.07 Å². The molecular formula is C26H27ClN4O4. The van der Waals surface area contributed by atoms with Gasteiger partial charge in [-0.3, -0.25) is 0 Å². The molecule has 2 saturated heterocycles. The molecule has 3 atom stereocenters. The topological polar surface area (TPSA) is 102 Å². The SMILES string of the molecule is Cc1cc(C(=O)O)nc(N2[C@@H]3CC[C@H]2C[C@@H](OCc2c(-c4ccccc4Cl)noc2C2CC2)C3)n1. The number of carboxylic acid groups (broad SMARTS) is 1. The van der Waals surface area contributed by atoms with E-state index in [4.69, 9.17) is 20.9 Å². The lowest BCUT2D eigenvalue weighted by Gasteiger charge is -2.39. The smallest absolute Gasteiger partial charge is 0.354 e. The fraction of sp³-hybridized carbons (Fsp3) is 0.462. The van der Waals surface area contributed by atoms with Crippen molar-refractivity contribution in [3.63, 3.8) is 0 Å². The van der Waals surface area contributed by atoms with E-state index in [2.05, 4.69) is 20.0 Å². The summed E-state index contributed by atoms with van der Waals surface area (Å²) in [5, 5.41) is 14.5. The van der Waals surface area contributed by atoms with Crippen molar-refractivity contribution in [3.8, 4) is 11.3 Å². The van der Waals surface area contributed by atoms with Gasteiger partial charge in [0.1, 0.15) is 11.5 Å². The number of carbonyl (C=O) groups is 1. The molecule has 1 aliphatic carbocycles. The minimum Gasteiger partial charge on any atom is -0.477 e. The second-order valence-corrected chi connectivity index (χ2v) is 10.2. The molecule has 4 heterocycles. The van der Waals surface area contributed by atoms with Crippen molar-refractivity contribution in [2.45, 2.75) is 76.2 Å². The van der Waals surface area contributed by atoms with Crippen molar-refractivity contribution in [1.82, 2.24) is 15.1 Å². The van der Waals surface area contributed by atoms with Crippen LogP contribution in [0, 0.1) is 6.92 Å². The first-order valence-electron chi connectivity index (χ1n) is 12.2. The average Bonchev–Trinajstić information content (AvgIpc) is 3.54. The zero-order valence-electron chi connectivity index (χ0n) is 19.5. The highest BCUT2D eigenvalue weighted by Gasteiger charge is 2.43. The molecule has 8 nitrogen and oxygen atoms in total. The number of ether oxygens (including phenoxy) is 1. The van der Waals surface area contributed by atoms with Gasteiger partial charge in [-0.15, -0.1) is 0 Å². The number of aromatic nitrogens is 3. The van der Waals surface area contributed by atoms with Gasteiger partial charge in [-0.25, -0.2) is 14.8 Å². The van der Waals surface area contributed by atoms with Crippen LogP contribution in [0.2, 0.25) is 5.02 Å². The quantitative estimate of drug-likeness (QED) is 0.466. The summed E-state index contributed by atoms with van der Waals surface area (Å²) in [6.07, 6.45) is 6.06. The zero-order chi connectivity index (χ0) is 24.1. The number of hydrogen-bond donors (Lipinski definition) is 1. The number of fused-ring (bicyclic) bond motifs is 2. The van der Waals surface area contributed by atoms with Crippen LogP contribution in [0.1, 0.15) is 71.9 Å². The van der Waals surface area contributed by atoms with Gasteiger partial charge in [0.05, 0.1) is 17.7 Å². The van der Waals surface area contributed by atoms with Gasteiger partial charge < -0.3 is 19.3 Å². The van der Waals surface area contributed by atoms with E-state index in [1.807, 2.05) is 31.2 Å². The summed E-state index contributed by atoms with van der Waals surface area (Å²) in [6.45, 7) is 2.24. The Balaban J connectivity index is 1.20. The Morgan fingerprint density at radius 2 is 1.91 bits per heavy atom. The number of piperidine rings is 1. The molecule has 0 radical (unpaired) electrons. The average molecular weight is 495 g/mol. The van der Waals surface area contributed by atoms with Gasteiger partial charge >= 0.3 is 5.97 Å². The number of nitrogens with zero attached hydrogens (tertiary/aromatic N) is 4.